The summed E-state index contributed by atoms with van der Waals surface area (Å²) in [5.74, 6) is -0.294. The molecule has 1 amide bonds. The number of amides is 1. The average Bonchev–Trinajstić information content (AvgIpc) is 2.54. The minimum Gasteiger partial charge on any atom is -0.385 e. The molecule has 6 heteroatoms. The van der Waals surface area contributed by atoms with Gasteiger partial charge in [-0.3, -0.25) is 14.9 Å². The topological polar surface area (TPSA) is 92.5 Å². The van der Waals surface area contributed by atoms with Crippen LogP contribution >= 0.6 is 0 Å². The first-order chi connectivity index (χ1) is 10.9. The second-order valence-corrected chi connectivity index (χ2v) is 5.52. The molecule has 0 saturated heterocycles. The molecule has 0 heterocycles. The third-order valence-corrected chi connectivity index (χ3v) is 3.54. The first-order valence-electron chi connectivity index (χ1n) is 7.16. The van der Waals surface area contributed by atoms with Crippen LogP contribution < -0.4 is 5.32 Å². The fraction of sp³-hybridized carbons (Fsp3) is 0.235. The van der Waals surface area contributed by atoms with Crippen LogP contribution in [0.5, 0.6) is 0 Å². The second kappa shape index (κ2) is 7.02. The van der Waals surface area contributed by atoms with Crippen molar-refractivity contribution >= 4 is 11.6 Å². The predicted molar refractivity (Wildman–Crippen MR) is 85.6 cm³/mol. The Balaban J connectivity index is 1.91. The van der Waals surface area contributed by atoms with Crippen molar-refractivity contribution < 1.29 is 14.8 Å². The van der Waals surface area contributed by atoms with Crippen molar-refractivity contribution in [2.24, 2.45) is 0 Å². The van der Waals surface area contributed by atoms with Crippen molar-refractivity contribution in [1.29, 1.82) is 0 Å². The van der Waals surface area contributed by atoms with Crippen molar-refractivity contribution in [2.75, 3.05) is 0 Å². The lowest BCUT2D eigenvalue weighted by Gasteiger charge is -2.23. The minimum absolute atomic E-state index is 0.00656. The van der Waals surface area contributed by atoms with E-state index in [-0.39, 0.29) is 24.6 Å². The van der Waals surface area contributed by atoms with E-state index in [1.165, 1.54) is 12.1 Å². The van der Waals surface area contributed by atoms with Crippen LogP contribution in [0.2, 0.25) is 0 Å². The molecular formula is C17H18N2O4. The second-order valence-electron chi connectivity index (χ2n) is 5.52. The molecule has 0 fully saturated rings. The molecule has 0 aliphatic heterocycles. The Morgan fingerprint density at radius 1 is 1.17 bits per heavy atom. The van der Waals surface area contributed by atoms with Gasteiger partial charge in [0.25, 0.3) is 5.69 Å². The standard InChI is InChI=1S/C17H18N2O4/c1-17(21,14-5-3-2-4-6-14)11-16(20)18-12-13-7-9-15(10-8-13)19(22)23/h2-10,21H,11-12H2,1H3,(H,18,20). The van der Waals surface area contributed by atoms with E-state index in [2.05, 4.69) is 5.32 Å². The lowest BCUT2D eigenvalue weighted by molar-refractivity contribution is -0.384. The molecule has 2 N–H and O–H groups in total. The number of carbonyl (C=O) groups excluding carboxylic acids is 1. The fourth-order valence-electron chi connectivity index (χ4n) is 2.21. The van der Waals surface area contributed by atoms with Gasteiger partial charge in [0, 0.05) is 18.7 Å². The molecule has 0 saturated carbocycles. The third kappa shape index (κ3) is 4.62. The summed E-state index contributed by atoms with van der Waals surface area (Å²) >= 11 is 0. The van der Waals surface area contributed by atoms with E-state index >= 15 is 0 Å². The third-order valence-electron chi connectivity index (χ3n) is 3.54. The Bertz CT molecular complexity index is 681. The molecule has 6 nitrogen and oxygen atoms in total. The number of benzene rings is 2. The maximum absolute atomic E-state index is 12.0. The Morgan fingerprint density at radius 2 is 1.78 bits per heavy atom. The number of non-ortho nitro benzene ring substituents is 1. The van der Waals surface area contributed by atoms with Crippen LogP contribution in [0.4, 0.5) is 5.69 Å². The van der Waals surface area contributed by atoms with E-state index in [4.69, 9.17) is 0 Å². The monoisotopic (exact) mass is 314 g/mol. The van der Waals surface area contributed by atoms with E-state index in [1.807, 2.05) is 6.07 Å². The van der Waals surface area contributed by atoms with Gasteiger partial charge in [-0.05, 0) is 18.1 Å². The van der Waals surface area contributed by atoms with Gasteiger partial charge in [0.05, 0.1) is 16.9 Å². The van der Waals surface area contributed by atoms with Gasteiger partial charge in [-0.15, -0.1) is 0 Å². The highest BCUT2D eigenvalue weighted by Crippen LogP contribution is 2.23. The molecule has 0 radical (unpaired) electrons. The van der Waals surface area contributed by atoms with Gasteiger partial charge in [0.15, 0.2) is 0 Å². The maximum Gasteiger partial charge on any atom is 0.269 e. The van der Waals surface area contributed by atoms with Crippen molar-refractivity contribution in [3.8, 4) is 0 Å². The summed E-state index contributed by atoms with van der Waals surface area (Å²) in [6, 6.07) is 14.9. The van der Waals surface area contributed by atoms with Crippen molar-refractivity contribution in [2.45, 2.75) is 25.5 Å². The molecule has 2 rings (SSSR count). The molecule has 2 aromatic rings. The van der Waals surface area contributed by atoms with Crippen LogP contribution in [0.25, 0.3) is 0 Å². The number of nitrogens with one attached hydrogen (secondary N) is 1. The summed E-state index contributed by atoms with van der Waals surface area (Å²) in [6.07, 6.45) is -0.0655. The molecule has 0 aromatic heterocycles. The van der Waals surface area contributed by atoms with Gasteiger partial charge in [0.2, 0.25) is 5.91 Å². The van der Waals surface area contributed by atoms with Gasteiger partial charge < -0.3 is 10.4 Å². The average molecular weight is 314 g/mol. The molecule has 1 unspecified atom stereocenters. The first-order valence-corrected chi connectivity index (χ1v) is 7.16. The predicted octanol–water partition coefficient (Wildman–Crippen LogP) is 2.51. The molecular weight excluding hydrogens is 296 g/mol. The SMILES string of the molecule is CC(O)(CC(=O)NCc1ccc([N+](=O)[O-])cc1)c1ccccc1. The normalized spacial score (nSPS) is 13.1. The van der Waals surface area contributed by atoms with E-state index < -0.39 is 10.5 Å². The Kier molecular flexibility index (Phi) is 5.08. The Morgan fingerprint density at radius 3 is 2.35 bits per heavy atom. The number of carbonyl (C=O) groups is 1. The summed E-state index contributed by atoms with van der Waals surface area (Å²) < 4.78 is 0. The van der Waals surface area contributed by atoms with E-state index in [0.717, 1.165) is 5.56 Å². The lowest BCUT2D eigenvalue weighted by atomic mass is 9.92. The van der Waals surface area contributed by atoms with E-state index in [1.54, 1.807) is 43.3 Å². The van der Waals surface area contributed by atoms with Crippen molar-refractivity contribution in [1.82, 2.24) is 5.32 Å². The van der Waals surface area contributed by atoms with Crippen molar-refractivity contribution in [3.63, 3.8) is 0 Å². The summed E-state index contributed by atoms with van der Waals surface area (Å²) in [5, 5.41) is 23.7. The number of rotatable bonds is 6. The van der Waals surface area contributed by atoms with Crippen LogP contribution in [0.15, 0.2) is 54.6 Å². The number of aliphatic hydroxyl groups is 1. The van der Waals surface area contributed by atoms with E-state index in [0.29, 0.717) is 5.56 Å². The zero-order valence-corrected chi connectivity index (χ0v) is 12.7. The summed E-state index contributed by atoms with van der Waals surface area (Å²) in [6.45, 7) is 1.84. The number of hydrogen-bond donors (Lipinski definition) is 2. The van der Waals surface area contributed by atoms with Crippen LogP contribution in [-0.2, 0) is 16.9 Å². The highest BCUT2D eigenvalue weighted by Gasteiger charge is 2.26. The molecule has 0 aliphatic carbocycles. The fourth-order valence-corrected chi connectivity index (χ4v) is 2.21. The van der Waals surface area contributed by atoms with E-state index in [9.17, 15) is 20.0 Å². The minimum atomic E-state index is -1.25. The molecule has 0 aliphatic rings. The quantitative estimate of drug-likeness (QED) is 0.633. The Labute approximate surface area is 133 Å². The summed E-state index contributed by atoms with van der Waals surface area (Å²) in [4.78, 5) is 22.1. The van der Waals surface area contributed by atoms with Gasteiger partial charge >= 0.3 is 0 Å². The number of nitro benzene ring substituents is 1. The van der Waals surface area contributed by atoms with Gasteiger partial charge in [0.1, 0.15) is 0 Å². The summed E-state index contributed by atoms with van der Waals surface area (Å²) in [7, 11) is 0. The summed E-state index contributed by atoms with van der Waals surface area (Å²) in [5.41, 5.74) is 0.182. The smallest absolute Gasteiger partial charge is 0.269 e. The molecule has 23 heavy (non-hydrogen) atoms. The van der Waals surface area contributed by atoms with Crippen LogP contribution in [-0.4, -0.2) is 15.9 Å². The number of hydrogen-bond acceptors (Lipinski definition) is 4. The molecule has 2 aromatic carbocycles. The maximum atomic E-state index is 12.0. The molecule has 120 valence electrons. The zero-order valence-electron chi connectivity index (χ0n) is 12.7. The van der Waals surface area contributed by atoms with Crippen LogP contribution in [0.1, 0.15) is 24.5 Å². The highest BCUT2D eigenvalue weighted by molar-refractivity contribution is 5.77. The molecule has 1 atom stereocenters. The zero-order chi connectivity index (χ0) is 16.9. The first kappa shape index (κ1) is 16.6. The molecule has 0 bridgehead atoms. The van der Waals surface area contributed by atoms with Gasteiger partial charge in [-0.25, -0.2) is 0 Å². The number of nitro groups is 1. The largest absolute Gasteiger partial charge is 0.385 e. The molecule has 0 spiro atoms. The number of nitrogens with zero attached hydrogens (tertiary/aromatic N) is 1. The lowest BCUT2D eigenvalue weighted by Crippen LogP contribution is -2.32. The van der Waals surface area contributed by atoms with Gasteiger partial charge in [-0.1, -0.05) is 42.5 Å². The van der Waals surface area contributed by atoms with Gasteiger partial charge in [-0.2, -0.15) is 0 Å². The van der Waals surface area contributed by atoms with Crippen molar-refractivity contribution in [3.05, 3.63) is 75.8 Å². The van der Waals surface area contributed by atoms with Crippen LogP contribution in [0, 0.1) is 10.1 Å². The van der Waals surface area contributed by atoms with Crippen LogP contribution in [0.3, 0.4) is 0 Å². The highest BCUT2D eigenvalue weighted by atomic mass is 16.6. The Hall–Kier alpha value is -2.73.